The fraction of sp³-hybridized carbons (Fsp3) is 0.519. The molecule has 0 saturated heterocycles. The van der Waals surface area contributed by atoms with Crippen LogP contribution in [0, 0.1) is 11.8 Å². The third-order valence-corrected chi connectivity index (χ3v) is 8.67. The van der Waals surface area contributed by atoms with Crippen molar-refractivity contribution < 1.29 is 23.4 Å². The van der Waals surface area contributed by atoms with Gasteiger partial charge in [0.2, 0.25) is 0 Å². The Hall–Kier alpha value is -3.22. The van der Waals surface area contributed by atoms with E-state index in [1.807, 2.05) is 16.8 Å². The topological polar surface area (TPSA) is 129 Å². The predicted octanol–water partition coefficient (Wildman–Crippen LogP) is 3.53. The molecular weight excluding hydrogens is 511 g/mol. The van der Waals surface area contributed by atoms with Crippen molar-refractivity contribution in [2.75, 3.05) is 19.3 Å². The first kappa shape index (κ1) is 26.0. The van der Waals surface area contributed by atoms with Gasteiger partial charge in [-0.3, -0.25) is 0 Å². The summed E-state index contributed by atoms with van der Waals surface area (Å²) in [5, 5.41) is 22.4. The Morgan fingerprint density at radius 1 is 1.13 bits per heavy atom. The lowest BCUT2D eigenvalue weighted by Crippen LogP contribution is -2.46. The molecule has 9 nitrogen and oxygen atoms in total. The van der Waals surface area contributed by atoms with Crippen LogP contribution in [-0.2, 0) is 12.6 Å². The highest BCUT2D eigenvalue weighted by atomic mass is 19.4. The van der Waals surface area contributed by atoms with Crippen LogP contribution in [0.5, 0.6) is 0 Å². The van der Waals surface area contributed by atoms with Crippen LogP contribution in [-0.4, -0.2) is 71.5 Å². The maximum absolute atomic E-state index is 13.0. The first-order valence-corrected chi connectivity index (χ1v) is 13.3. The summed E-state index contributed by atoms with van der Waals surface area (Å²) in [5.41, 5.74) is 6.88. The molecule has 0 amide bonds. The van der Waals surface area contributed by atoms with Crippen molar-refractivity contribution in [3.8, 4) is 0 Å². The number of aryl methyl sites for hydroxylation is 1. The number of aromatic amines is 1. The Balaban J connectivity index is 1.01. The monoisotopic (exact) mass is 543 g/mol. The fourth-order valence-corrected chi connectivity index (χ4v) is 6.33. The second kappa shape index (κ2) is 9.76. The Morgan fingerprint density at radius 2 is 1.92 bits per heavy atom. The second-order valence-electron chi connectivity index (χ2n) is 11.1. The van der Waals surface area contributed by atoms with Crippen LogP contribution in [0.1, 0.15) is 43.1 Å². The van der Waals surface area contributed by atoms with Gasteiger partial charge in [-0.2, -0.15) is 13.2 Å². The van der Waals surface area contributed by atoms with E-state index in [0.717, 1.165) is 36.8 Å². The molecule has 2 aliphatic carbocycles. The van der Waals surface area contributed by atoms with Crippen LogP contribution in [0.3, 0.4) is 0 Å². The largest absolute Gasteiger partial charge is 0.416 e. The lowest BCUT2D eigenvalue weighted by Gasteiger charge is -2.42. The number of aliphatic hydroxyl groups excluding tert-OH is 2. The lowest BCUT2D eigenvalue weighted by atomic mass is 9.76. The van der Waals surface area contributed by atoms with Crippen molar-refractivity contribution in [2.45, 2.75) is 62.6 Å². The molecule has 12 heteroatoms. The van der Waals surface area contributed by atoms with E-state index in [0.29, 0.717) is 59.7 Å². The predicted molar refractivity (Wildman–Crippen MR) is 140 cm³/mol. The molecule has 2 aliphatic rings. The zero-order valence-electron chi connectivity index (χ0n) is 21.5. The Bertz CT molecular complexity index is 1480. The summed E-state index contributed by atoms with van der Waals surface area (Å²) in [6, 6.07) is 5.52. The Morgan fingerprint density at radius 3 is 2.69 bits per heavy atom. The van der Waals surface area contributed by atoms with Crippen molar-refractivity contribution in [3.05, 3.63) is 48.2 Å². The fourth-order valence-electron chi connectivity index (χ4n) is 6.33. The van der Waals surface area contributed by atoms with Gasteiger partial charge in [0.25, 0.3) is 0 Å². The molecule has 0 bridgehead atoms. The summed E-state index contributed by atoms with van der Waals surface area (Å²) >= 11 is 0. The molecular formula is C27H32F3N7O2. The number of alkyl halides is 3. The van der Waals surface area contributed by atoms with Gasteiger partial charge in [0.15, 0.2) is 0 Å². The number of hydrogen-bond acceptors (Lipinski definition) is 7. The van der Waals surface area contributed by atoms with Crippen LogP contribution in [0.4, 0.5) is 19.0 Å². The molecule has 0 radical (unpaired) electrons. The van der Waals surface area contributed by atoms with Gasteiger partial charge >= 0.3 is 6.18 Å². The Labute approximate surface area is 222 Å². The number of rotatable bonds is 7. The van der Waals surface area contributed by atoms with E-state index in [1.54, 1.807) is 0 Å². The molecule has 1 unspecified atom stereocenters. The maximum atomic E-state index is 13.0. The molecule has 0 spiro atoms. The molecule has 2 saturated carbocycles. The number of hydrogen-bond donors (Lipinski definition) is 4. The van der Waals surface area contributed by atoms with Crippen molar-refractivity contribution in [1.82, 2.24) is 29.4 Å². The number of imidazole rings is 1. The first-order valence-electron chi connectivity index (χ1n) is 13.3. The van der Waals surface area contributed by atoms with Gasteiger partial charge in [0.05, 0.1) is 34.1 Å². The zero-order chi connectivity index (χ0) is 27.5. The summed E-state index contributed by atoms with van der Waals surface area (Å²) in [5.74, 6) is 1.53. The van der Waals surface area contributed by atoms with E-state index >= 15 is 0 Å². The van der Waals surface area contributed by atoms with Gasteiger partial charge in [-0.1, -0.05) is 0 Å². The van der Waals surface area contributed by atoms with Crippen molar-refractivity contribution in [3.63, 3.8) is 0 Å². The lowest BCUT2D eigenvalue weighted by molar-refractivity contribution is -0.137. The molecule has 208 valence electrons. The molecule has 3 aromatic heterocycles. The minimum atomic E-state index is -4.37. The number of nitrogens with one attached hydrogen (secondary N) is 1. The van der Waals surface area contributed by atoms with Gasteiger partial charge in [-0.25, -0.2) is 15.0 Å². The molecule has 4 aromatic rings. The highest BCUT2D eigenvalue weighted by Gasteiger charge is 2.44. The van der Waals surface area contributed by atoms with Gasteiger partial charge in [-0.05, 0) is 62.9 Å². The van der Waals surface area contributed by atoms with Crippen molar-refractivity contribution in [2.24, 2.45) is 11.8 Å². The third kappa shape index (κ3) is 4.85. The molecule has 39 heavy (non-hydrogen) atoms. The van der Waals surface area contributed by atoms with Crippen LogP contribution in [0.2, 0.25) is 0 Å². The van der Waals surface area contributed by atoms with E-state index in [-0.39, 0.29) is 12.0 Å². The third-order valence-electron chi connectivity index (χ3n) is 8.67. The molecule has 1 aromatic carbocycles. The number of H-pyrrole nitrogens is 1. The first-order chi connectivity index (χ1) is 18.6. The van der Waals surface area contributed by atoms with E-state index in [9.17, 15) is 23.4 Å². The number of nitrogens with zero attached hydrogens (tertiary/aromatic N) is 5. The summed E-state index contributed by atoms with van der Waals surface area (Å²) in [7, 11) is 2.06. The normalized spacial score (nSPS) is 27.6. The van der Waals surface area contributed by atoms with Crippen LogP contribution >= 0.6 is 0 Å². The summed E-state index contributed by atoms with van der Waals surface area (Å²) in [4.78, 5) is 18.1. The number of aromatic nitrogens is 5. The van der Waals surface area contributed by atoms with Crippen molar-refractivity contribution >= 4 is 27.9 Å². The van der Waals surface area contributed by atoms with Gasteiger partial charge < -0.3 is 30.4 Å². The van der Waals surface area contributed by atoms with E-state index in [2.05, 4.69) is 31.9 Å². The van der Waals surface area contributed by atoms with Crippen LogP contribution in [0.15, 0.2) is 36.8 Å². The number of anilines is 1. The molecule has 4 atom stereocenters. The Kier molecular flexibility index (Phi) is 6.51. The number of nitrogen functional groups attached to an aromatic ring is 1. The molecule has 0 aliphatic heterocycles. The van der Waals surface area contributed by atoms with E-state index in [1.165, 1.54) is 12.4 Å². The highest BCUT2D eigenvalue weighted by Crippen LogP contribution is 2.40. The summed E-state index contributed by atoms with van der Waals surface area (Å²) in [6.07, 6.45) is 1.39. The van der Waals surface area contributed by atoms with Crippen LogP contribution < -0.4 is 5.73 Å². The van der Waals surface area contributed by atoms with Gasteiger partial charge in [-0.15, -0.1) is 0 Å². The number of aliphatic hydroxyl groups is 2. The quantitative estimate of drug-likeness (QED) is 0.281. The molecule has 6 rings (SSSR count). The molecule has 2 fully saturated rings. The smallest absolute Gasteiger partial charge is 0.390 e. The molecule has 5 N–H and O–H groups in total. The van der Waals surface area contributed by atoms with Crippen molar-refractivity contribution in [1.29, 1.82) is 0 Å². The second-order valence-corrected chi connectivity index (χ2v) is 11.1. The number of benzene rings is 1. The standard InChI is InChI=1S/C27H32F3N7O2/c1-36(12-15-10-21(24(39)23(15)38)37-7-6-18-25(31)32-13-33-26(18)37)17-8-14(9-17)2-5-22-34-19-4-3-16(27(28,29)30)11-20(19)35-22/h3-4,6-7,11,13-15,17,21,23-24,38-39H,2,5,8-10,12H2,1H3,(H,34,35)(H2,31,32,33)/t14?,15-,17?,21?,23-,24+/m1/s1. The minimum Gasteiger partial charge on any atom is -0.390 e. The molecule has 3 heterocycles. The average Bonchev–Trinajstić information content (AvgIpc) is 3.54. The maximum Gasteiger partial charge on any atom is 0.416 e. The van der Waals surface area contributed by atoms with Crippen LogP contribution in [0.25, 0.3) is 22.1 Å². The summed E-state index contributed by atoms with van der Waals surface area (Å²) in [6.45, 7) is 0.674. The minimum absolute atomic E-state index is 0.0807. The van der Waals surface area contributed by atoms with E-state index < -0.39 is 23.9 Å². The zero-order valence-corrected chi connectivity index (χ0v) is 21.5. The highest BCUT2D eigenvalue weighted by molar-refractivity contribution is 5.86. The number of halogens is 3. The number of fused-ring (bicyclic) bond motifs is 2. The summed E-state index contributed by atoms with van der Waals surface area (Å²) < 4.78 is 40.8. The average molecular weight is 544 g/mol. The SMILES string of the molecule is CN(C[C@H]1CC(n2ccc3c(N)ncnc32)[C@H](O)[C@@H]1O)C1CC(CCc2nc3ccc(C(F)(F)F)cc3[nH]2)C1. The van der Waals surface area contributed by atoms with E-state index in [4.69, 9.17) is 5.73 Å². The van der Waals surface area contributed by atoms with Gasteiger partial charge in [0, 0.05) is 31.1 Å². The number of nitrogens with two attached hydrogens (primary N) is 1. The van der Waals surface area contributed by atoms with Gasteiger partial charge in [0.1, 0.15) is 29.7 Å².